The van der Waals surface area contributed by atoms with Crippen molar-refractivity contribution in [2.75, 3.05) is 12.3 Å². The average molecular weight is 246 g/mol. The van der Waals surface area contributed by atoms with E-state index < -0.39 is 17.8 Å². The maximum absolute atomic E-state index is 13.1. The highest BCUT2D eigenvalue weighted by Gasteiger charge is 2.36. The van der Waals surface area contributed by atoms with Gasteiger partial charge in [0.1, 0.15) is 5.82 Å². The van der Waals surface area contributed by atoms with Crippen LogP contribution >= 0.6 is 0 Å². The number of halogens is 3. The van der Waals surface area contributed by atoms with Crippen LogP contribution in [-0.4, -0.2) is 28.5 Å². The van der Waals surface area contributed by atoms with E-state index in [1.165, 1.54) is 0 Å². The number of nitrogens with zero attached hydrogens (tertiary/aromatic N) is 2. The van der Waals surface area contributed by atoms with Crippen LogP contribution in [0.2, 0.25) is 0 Å². The van der Waals surface area contributed by atoms with Crippen molar-refractivity contribution >= 4 is 5.82 Å². The molecule has 7 heteroatoms. The summed E-state index contributed by atoms with van der Waals surface area (Å²) >= 11 is 0. The molecule has 1 atom stereocenters. The van der Waals surface area contributed by atoms with Crippen molar-refractivity contribution in [1.82, 2.24) is 15.3 Å². The molecule has 1 aliphatic heterocycles. The molecule has 1 fully saturated rings. The van der Waals surface area contributed by atoms with E-state index in [0.29, 0.717) is 0 Å². The van der Waals surface area contributed by atoms with Crippen molar-refractivity contribution in [2.45, 2.75) is 31.2 Å². The van der Waals surface area contributed by atoms with E-state index >= 15 is 0 Å². The minimum Gasteiger partial charge on any atom is -0.381 e. The van der Waals surface area contributed by atoms with Gasteiger partial charge in [0.25, 0.3) is 5.92 Å². The number of anilines is 1. The fourth-order valence-electron chi connectivity index (χ4n) is 1.88. The SMILES string of the molecule is Nc1nc(CC2CC(F)(F)CCN2)ncc1F. The van der Waals surface area contributed by atoms with Crippen molar-refractivity contribution in [2.24, 2.45) is 0 Å². The Labute approximate surface area is 96.4 Å². The van der Waals surface area contributed by atoms with Crippen LogP contribution in [0.25, 0.3) is 0 Å². The van der Waals surface area contributed by atoms with Gasteiger partial charge in [-0.1, -0.05) is 0 Å². The van der Waals surface area contributed by atoms with E-state index in [1.807, 2.05) is 0 Å². The molecule has 1 unspecified atom stereocenters. The molecule has 0 amide bonds. The monoisotopic (exact) mass is 246 g/mol. The van der Waals surface area contributed by atoms with Crippen molar-refractivity contribution < 1.29 is 13.2 Å². The van der Waals surface area contributed by atoms with E-state index in [1.54, 1.807) is 0 Å². The van der Waals surface area contributed by atoms with Gasteiger partial charge >= 0.3 is 0 Å². The molecule has 0 aliphatic carbocycles. The summed E-state index contributed by atoms with van der Waals surface area (Å²) < 4.78 is 39.1. The van der Waals surface area contributed by atoms with Gasteiger partial charge in [-0.25, -0.2) is 23.1 Å². The molecule has 0 aromatic carbocycles. The summed E-state index contributed by atoms with van der Waals surface area (Å²) in [6.45, 7) is 0.258. The lowest BCUT2D eigenvalue weighted by atomic mass is 9.98. The van der Waals surface area contributed by atoms with Gasteiger partial charge in [-0.15, -0.1) is 0 Å². The Kier molecular flexibility index (Phi) is 3.19. The number of aromatic nitrogens is 2. The molecule has 17 heavy (non-hydrogen) atoms. The number of alkyl halides is 2. The van der Waals surface area contributed by atoms with Crippen LogP contribution in [0.1, 0.15) is 18.7 Å². The largest absolute Gasteiger partial charge is 0.381 e. The predicted molar refractivity (Wildman–Crippen MR) is 56.1 cm³/mol. The Hall–Kier alpha value is -1.37. The smallest absolute Gasteiger partial charge is 0.250 e. The molecule has 94 valence electrons. The number of nitrogens with one attached hydrogen (secondary N) is 1. The molecule has 2 rings (SSSR count). The second kappa shape index (κ2) is 4.48. The number of rotatable bonds is 2. The molecule has 1 saturated heterocycles. The van der Waals surface area contributed by atoms with Gasteiger partial charge in [-0.2, -0.15) is 0 Å². The second-order valence-corrected chi connectivity index (χ2v) is 4.18. The average Bonchev–Trinajstić information content (AvgIpc) is 2.22. The summed E-state index contributed by atoms with van der Waals surface area (Å²) in [4.78, 5) is 7.45. The Balaban J connectivity index is 2.03. The minimum atomic E-state index is -2.65. The van der Waals surface area contributed by atoms with Gasteiger partial charge in [-0.05, 0) is 0 Å². The molecule has 4 nitrogen and oxygen atoms in total. The number of nitrogens with two attached hydrogens (primary N) is 1. The van der Waals surface area contributed by atoms with Crippen LogP contribution in [0.4, 0.5) is 19.0 Å². The van der Waals surface area contributed by atoms with Gasteiger partial charge in [0, 0.05) is 31.8 Å². The third-order valence-corrected chi connectivity index (χ3v) is 2.72. The topological polar surface area (TPSA) is 63.8 Å². The highest BCUT2D eigenvalue weighted by molar-refractivity contribution is 5.27. The molecule has 0 radical (unpaired) electrons. The van der Waals surface area contributed by atoms with E-state index in [4.69, 9.17) is 5.73 Å². The Morgan fingerprint density at radius 1 is 1.53 bits per heavy atom. The number of hydrogen-bond acceptors (Lipinski definition) is 4. The van der Waals surface area contributed by atoms with Crippen molar-refractivity contribution in [3.05, 3.63) is 17.8 Å². The predicted octanol–water partition coefficient (Wildman–Crippen LogP) is 1.13. The van der Waals surface area contributed by atoms with Gasteiger partial charge < -0.3 is 11.1 Å². The van der Waals surface area contributed by atoms with Crippen LogP contribution in [0, 0.1) is 5.82 Å². The molecular weight excluding hydrogens is 233 g/mol. The van der Waals surface area contributed by atoms with E-state index in [-0.39, 0.29) is 37.4 Å². The van der Waals surface area contributed by atoms with Gasteiger partial charge in [0.05, 0.1) is 6.20 Å². The third-order valence-electron chi connectivity index (χ3n) is 2.72. The quantitative estimate of drug-likeness (QED) is 0.821. The molecule has 0 spiro atoms. The molecule has 3 N–H and O–H groups in total. The normalized spacial score (nSPS) is 23.6. The summed E-state index contributed by atoms with van der Waals surface area (Å²) in [5, 5.41) is 2.96. The molecule has 1 aromatic heterocycles. The lowest BCUT2D eigenvalue weighted by Gasteiger charge is -2.29. The first-order valence-corrected chi connectivity index (χ1v) is 5.34. The Bertz CT molecular complexity index is 411. The molecule has 1 aromatic rings. The third kappa shape index (κ3) is 3.06. The number of piperidine rings is 1. The maximum atomic E-state index is 13.1. The van der Waals surface area contributed by atoms with Crippen LogP contribution in [-0.2, 0) is 6.42 Å². The van der Waals surface area contributed by atoms with Gasteiger partial charge in [0.2, 0.25) is 0 Å². The van der Waals surface area contributed by atoms with Crippen LogP contribution < -0.4 is 11.1 Å². The lowest BCUT2D eigenvalue weighted by molar-refractivity contribution is -0.0410. The summed E-state index contributed by atoms with van der Waals surface area (Å²) in [5.74, 6) is -3.33. The molecule has 2 heterocycles. The zero-order valence-electron chi connectivity index (χ0n) is 9.09. The molecule has 0 saturated carbocycles. The number of hydrogen-bond donors (Lipinski definition) is 2. The van der Waals surface area contributed by atoms with Gasteiger partial charge in [-0.3, -0.25) is 0 Å². The Morgan fingerprint density at radius 2 is 2.29 bits per heavy atom. The fourth-order valence-corrected chi connectivity index (χ4v) is 1.88. The highest BCUT2D eigenvalue weighted by atomic mass is 19.3. The molecular formula is C10H13F3N4. The van der Waals surface area contributed by atoms with Crippen molar-refractivity contribution in [1.29, 1.82) is 0 Å². The Morgan fingerprint density at radius 3 is 2.94 bits per heavy atom. The highest BCUT2D eigenvalue weighted by Crippen LogP contribution is 2.28. The summed E-state index contributed by atoms with van der Waals surface area (Å²) in [6, 6.07) is -0.399. The molecule has 0 bridgehead atoms. The lowest BCUT2D eigenvalue weighted by Crippen LogP contribution is -2.44. The first-order valence-electron chi connectivity index (χ1n) is 5.34. The van der Waals surface area contributed by atoms with E-state index in [2.05, 4.69) is 15.3 Å². The standard InChI is InChI=1S/C10H13F3N4/c11-7-5-16-8(17-9(7)14)3-6-4-10(12,13)1-2-15-6/h5-6,15H,1-4H2,(H2,14,16,17). The molecule has 1 aliphatic rings. The van der Waals surface area contributed by atoms with Crippen LogP contribution in [0.5, 0.6) is 0 Å². The number of nitrogen functional groups attached to an aromatic ring is 1. The van der Waals surface area contributed by atoms with Crippen LogP contribution in [0.3, 0.4) is 0 Å². The van der Waals surface area contributed by atoms with E-state index in [9.17, 15) is 13.2 Å². The summed E-state index contributed by atoms with van der Waals surface area (Å²) in [6.07, 6.45) is 0.766. The maximum Gasteiger partial charge on any atom is 0.250 e. The first kappa shape index (κ1) is 12.1. The second-order valence-electron chi connectivity index (χ2n) is 4.18. The summed E-state index contributed by atoms with van der Waals surface area (Å²) in [5.41, 5.74) is 5.28. The van der Waals surface area contributed by atoms with E-state index in [0.717, 1.165) is 6.20 Å². The minimum absolute atomic E-state index is 0.157. The first-order chi connectivity index (χ1) is 7.96. The fraction of sp³-hybridized carbons (Fsp3) is 0.600. The van der Waals surface area contributed by atoms with Crippen molar-refractivity contribution in [3.63, 3.8) is 0 Å². The van der Waals surface area contributed by atoms with Gasteiger partial charge in [0.15, 0.2) is 11.6 Å². The van der Waals surface area contributed by atoms with Crippen LogP contribution in [0.15, 0.2) is 6.20 Å². The zero-order chi connectivity index (χ0) is 12.5. The van der Waals surface area contributed by atoms with Crippen molar-refractivity contribution in [3.8, 4) is 0 Å². The zero-order valence-corrected chi connectivity index (χ0v) is 9.09. The summed E-state index contributed by atoms with van der Waals surface area (Å²) in [7, 11) is 0.